The predicted molar refractivity (Wildman–Crippen MR) is 110 cm³/mol. The van der Waals surface area contributed by atoms with E-state index in [4.69, 9.17) is 9.47 Å². The molecule has 5 rings (SSSR count). The molecule has 1 atom stereocenters. The summed E-state index contributed by atoms with van der Waals surface area (Å²) < 4.78 is 11.5. The number of piperazine rings is 1. The smallest absolute Gasteiger partial charge is 0.267 e. The van der Waals surface area contributed by atoms with E-state index in [9.17, 15) is 9.59 Å². The van der Waals surface area contributed by atoms with Gasteiger partial charge in [0.2, 0.25) is 6.10 Å². The predicted octanol–water partition coefficient (Wildman–Crippen LogP) is -0.00980. The van der Waals surface area contributed by atoms with Crippen molar-refractivity contribution < 1.29 is 19.2 Å². The summed E-state index contributed by atoms with van der Waals surface area (Å²) in [6.07, 6.45) is -0.611. The zero-order valence-electron chi connectivity index (χ0n) is 16.5. The Morgan fingerprint density at radius 3 is 2.67 bits per heavy atom. The first-order valence-electron chi connectivity index (χ1n) is 10.2. The third-order valence-corrected chi connectivity index (χ3v) is 5.65. The number of quaternary nitrogens is 1. The van der Waals surface area contributed by atoms with Crippen molar-refractivity contribution in [3.8, 4) is 11.5 Å². The molecule has 0 saturated carbocycles. The van der Waals surface area contributed by atoms with Crippen molar-refractivity contribution in [3.05, 3.63) is 64.7 Å². The molecule has 0 aliphatic carbocycles. The van der Waals surface area contributed by atoms with E-state index in [1.54, 1.807) is 6.07 Å². The molecule has 0 bridgehead atoms. The van der Waals surface area contributed by atoms with Gasteiger partial charge in [-0.2, -0.15) is 0 Å². The van der Waals surface area contributed by atoms with Gasteiger partial charge in [0.25, 0.3) is 11.5 Å². The number of rotatable bonds is 3. The van der Waals surface area contributed by atoms with Crippen LogP contribution in [0.15, 0.2) is 53.3 Å². The van der Waals surface area contributed by atoms with Crippen LogP contribution in [0, 0.1) is 0 Å². The van der Waals surface area contributed by atoms with Gasteiger partial charge in [0.15, 0.2) is 17.3 Å². The van der Waals surface area contributed by atoms with Crippen LogP contribution in [0.4, 0.5) is 0 Å². The number of hydrogen-bond acceptors (Lipinski definition) is 5. The number of hydrogen-bond donors (Lipinski definition) is 2. The molecule has 2 aliphatic rings. The number of aromatic nitrogens is 2. The van der Waals surface area contributed by atoms with Gasteiger partial charge in [-0.25, -0.2) is 4.98 Å². The maximum Gasteiger partial charge on any atom is 0.267 e. The fraction of sp³-hybridized carbons (Fsp3) is 0.318. The maximum atomic E-state index is 12.9. The first kappa shape index (κ1) is 18.6. The summed E-state index contributed by atoms with van der Waals surface area (Å²) in [6.45, 7) is 3.68. The highest BCUT2D eigenvalue weighted by molar-refractivity contribution is 5.82. The molecule has 1 aromatic heterocycles. The number of aromatic amines is 1. The number of nitrogens with one attached hydrogen (secondary N) is 2. The molecular formula is C22H23N4O4+. The summed E-state index contributed by atoms with van der Waals surface area (Å²) in [4.78, 5) is 35.7. The molecule has 1 saturated heterocycles. The second kappa shape index (κ2) is 7.79. The second-order valence-electron chi connectivity index (χ2n) is 7.65. The first-order valence-corrected chi connectivity index (χ1v) is 10.2. The van der Waals surface area contributed by atoms with Crippen LogP contribution >= 0.6 is 0 Å². The standard InChI is InChI=1S/C22H22N4O4/c27-21-15-5-1-2-6-16(15)23-20(24-21)13-25-9-11-26(12-10-25)22(28)19-14-29-17-7-3-4-8-18(17)30-19/h1-8,19H,9-14H2,(H,23,24,27)/p+1/t19-/m0/s1. The fourth-order valence-corrected chi connectivity index (χ4v) is 4.02. The zero-order chi connectivity index (χ0) is 20.5. The molecule has 0 radical (unpaired) electrons. The van der Waals surface area contributed by atoms with Crippen LogP contribution in [-0.2, 0) is 11.3 Å². The summed E-state index contributed by atoms with van der Waals surface area (Å²) in [6, 6.07) is 14.7. The lowest BCUT2D eigenvalue weighted by Gasteiger charge is -2.35. The SMILES string of the molecule is O=C([C@@H]1COc2ccccc2O1)N1CC[NH+](Cc2nc3ccccc3c(=O)[nH]2)CC1. The van der Waals surface area contributed by atoms with Gasteiger partial charge in [0, 0.05) is 0 Å². The third-order valence-electron chi connectivity index (χ3n) is 5.65. The molecule has 0 spiro atoms. The lowest BCUT2D eigenvalue weighted by atomic mass is 10.2. The van der Waals surface area contributed by atoms with Crippen LogP contribution in [0.5, 0.6) is 11.5 Å². The first-order chi connectivity index (χ1) is 14.7. The quantitative estimate of drug-likeness (QED) is 0.638. The summed E-state index contributed by atoms with van der Waals surface area (Å²) >= 11 is 0. The fourth-order valence-electron chi connectivity index (χ4n) is 4.02. The molecule has 2 aliphatic heterocycles. The van der Waals surface area contributed by atoms with E-state index in [-0.39, 0.29) is 18.1 Å². The average Bonchev–Trinajstić information content (AvgIpc) is 2.79. The molecular weight excluding hydrogens is 384 g/mol. The van der Waals surface area contributed by atoms with Crippen molar-refractivity contribution in [1.82, 2.24) is 14.9 Å². The molecule has 8 heteroatoms. The second-order valence-corrected chi connectivity index (χ2v) is 7.65. The van der Waals surface area contributed by atoms with Gasteiger partial charge in [0.1, 0.15) is 13.2 Å². The van der Waals surface area contributed by atoms with E-state index in [1.807, 2.05) is 47.4 Å². The number of amides is 1. The van der Waals surface area contributed by atoms with E-state index >= 15 is 0 Å². The lowest BCUT2D eigenvalue weighted by molar-refractivity contribution is -0.918. The van der Waals surface area contributed by atoms with Gasteiger partial charge in [-0.1, -0.05) is 24.3 Å². The monoisotopic (exact) mass is 407 g/mol. The van der Waals surface area contributed by atoms with Crippen LogP contribution < -0.4 is 19.9 Å². The molecule has 3 aromatic rings. The highest BCUT2D eigenvalue weighted by atomic mass is 16.6. The molecule has 154 valence electrons. The van der Waals surface area contributed by atoms with Crippen LogP contribution in [0.1, 0.15) is 5.82 Å². The average molecular weight is 407 g/mol. The Bertz CT molecular complexity index is 1140. The highest BCUT2D eigenvalue weighted by Gasteiger charge is 2.33. The highest BCUT2D eigenvalue weighted by Crippen LogP contribution is 2.31. The van der Waals surface area contributed by atoms with E-state index in [0.29, 0.717) is 47.9 Å². The number of fused-ring (bicyclic) bond motifs is 2. The van der Waals surface area contributed by atoms with Gasteiger partial charge >= 0.3 is 0 Å². The minimum atomic E-state index is -0.611. The van der Waals surface area contributed by atoms with E-state index in [0.717, 1.165) is 13.1 Å². The van der Waals surface area contributed by atoms with E-state index in [1.165, 1.54) is 4.90 Å². The summed E-state index contributed by atoms with van der Waals surface area (Å²) in [5, 5.41) is 0.600. The van der Waals surface area contributed by atoms with Gasteiger partial charge in [-0.15, -0.1) is 0 Å². The van der Waals surface area contributed by atoms with Gasteiger partial charge in [-0.05, 0) is 24.3 Å². The zero-order valence-corrected chi connectivity index (χ0v) is 16.5. The van der Waals surface area contributed by atoms with Crippen LogP contribution in [0.25, 0.3) is 10.9 Å². The Morgan fingerprint density at radius 2 is 1.83 bits per heavy atom. The topological polar surface area (TPSA) is 89.0 Å². The Morgan fingerprint density at radius 1 is 1.10 bits per heavy atom. The van der Waals surface area contributed by atoms with Crippen molar-refractivity contribution in [3.63, 3.8) is 0 Å². The largest absolute Gasteiger partial charge is 0.485 e. The third kappa shape index (κ3) is 3.61. The Balaban J connectivity index is 1.20. The number of H-pyrrole nitrogens is 1. The number of benzene rings is 2. The molecule has 1 fully saturated rings. The van der Waals surface area contributed by atoms with Crippen LogP contribution in [0.2, 0.25) is 0 Å². The molecule has 2 N–H and O–H groups in total. The minimum absolute atomic E-state index is 0.0409. The Hall–Kier alpha value is -3.39. The summed E-state index contributed by atoms with van der Waals surface area (Å²) in [5.41, 5.74) is 0.595. The van der Waals surface area contributed by atoms with Crippen molar-refractivity contribution in [1.29, 1.82) is 0 Å². The molecule has 0 unspecified atom stereocenters. The normalized spacial score (nSPS) is 19.1. The van der Waals surface area contributed by atoms with Crippen molar-refractivity contribution in [2.24, 2.45) is 0 Å². The maximum absolute atomic E-state index is 12.9. The number of ether oxygens (including phenoxy) is 2. The van der Waals surface area contributed by atoms with Gasteiger partial charge in [-0.3, -0.25) is 9.59 Å². The molecule has 30 heavy (non-hydrogen) atoms. The van der Waals surface area contributed by atoms with Crippen molar-refractivity contribution in [2.75, 3.05) is 32.8 Å². The van der Waals surface area contributed by atoms with E-state index in [2.05, 4.69) is 9.97 Å². The Kier molecular flexibility index (Phi) is 4.84. The van der Waals surface area contributed by atoms with Crippen molar-refractivity contribution in [2.45, 2.75) is 12.6 Å². The number of carbonyl (C=O) groups is 1. The summed E-state index contributed by atoms with van der Waals surface area (Å²) in [7, 11) is 0. The molecule has 8 nitrogen and oxygen atoms in total. The number of para-hydroxylation sites is 3. The van der Waals surface area contributed by atoms with E-state index < -0.39 is 6.10 Å². The number of nitrogens with zero attached hydrogens (tertiary/aromatic N) is 2. The van der Waals surface area contributed by atoms with Crippen LogP contribution in [0.3, 0.4) is 0 Å². The molecule has 3 heterocycles. The Labute approximate surface area is 173 Å². The molecule has 1 amide bonds. The molecule has 2 aromatic carbocycles. The summed E-state index contributed by atoms with van der Waals surface area (Å²) in [5.74, 6) is 1.92. The van der Waals surface area contributed by atoms with Crippen LogP contribution in [-0.4, -0.2) is 59.7 Å². The minimum Gasteiger partial charge on any atom is -0.485 e. The van der Waals surface area contributed by atoms with Gasteiger partial charge in [0.05, 0.1) is 37.1 Å². The lowest BCUT2D eigenvalue weighted by Crippen LogP contribution is -3.13. The number of carbonyl (C=O) groups excluding carboxylic acids is 1. The van der Waals surface area contributed by atoms with Crippen molar-refractivity contribution >= 4 is 16.8 Å². The van der Waals surface area contributed by atoms with Gasteiger partial charge < -0.3 is 24.3 Å².